The summed E-state index contributed by atoms with van der Waals surface area (Å²) in [5.74, 6) is 0.880. The Balaban J connectivity index is 1.31. The molecule has 7 nitrogen and oxygen atoms in total. The summed E-state index contributed by atoms with van der Waals surface area (Å²) in [4.78, 5) is 17.4. The van der Waals surface area contributed by atoms with Crippen LogP contribution < -0.4 is 4.90 Å². The summed E-state index contributed by atoms with van der Waals surface area (Å²) in [6, 6.07) is 17.6. The average Bonchev–Trinajstić information content (AvgIpc) is 3.32. The summed E-state index contributed by atoms with van der Waals surface area (Å²) in [7, 11) is 1.87. The predicted molar refractivity (Wildman–Crippen MR) is 122 cm³/mol. The molecule has 0 saturated carbocycles. The Kier molecular flexibility index (Phi) is 5.11. The molecule has 1 saturated heterocycles. The second-order valence-corrected chi connectivity index (χ2v) is 8.21. The highest BCUT2D eigenvalue weighted by atomic mass is 35.5. The molecule has 3 heterocycles. The summed E-state index contributed by atoms with van der Waals surface area (Å²) < 4.78 is 1.77. The third-order valence-electron chi connectivity index (χ3n) is 5.79. The molecule has 0 bridgehead atoms. The Bertz CT molecular complexity index is 1230. The van der Waals surface area contributed by atoms with Gasteiger partial charge in [0.25, 0.3) is 5.91 Å². The van der Waals surface area contributed by atoms with E-state index in [-0.39, 0.29) is 5.91 Å². The van der Waals surface area contributed by atoms with Crippen LogP contribution in [0.15, 0.2) is 54.6 Å². The number of para-hydroxylation sites is 1. The van der Waals surface area contributed by atoms with Crippen molar-refractivity contribution in [3.63, 3.8) is 0 Å². The number of amides is 1. The quantitative estimate of drug-likeness (QED) is 0.529. The van der Waals surface area contributed by atoms with Crippen molar-refractivity contribution in [1.29, 1.82) is 0 Å². The number of aromatic amines is 1. The Morgan fingerprint density at radius 2 is 1.84 bits per heavy atom. The van der Waals surface area contributed by atoms with E-state index >= 15 is 0 Å². The molecule has 1 aliphatic rings. The van der Waals surface area contributed by atoms with Crippen LogP contribution in [0.5, 0.6) is 0 Å². The van der Waals surface area contributed by atoms with Crippen molar-refractivity contribution >= 4 is 34.2 Å². The molecule has 4 aromatic rings. The summed E-state index contributed by atoms with van der Waals surface area (Å²) in [6.07, 6.45) is 0.875. The van der Waals surface area contributed by atoms with Crippen LogP contribution in [0, 0.1) is 0 Å². The van der Waals surface area contributed by atoms with E-state index in [1.54, 1.807) is 4.68 Å². The first-order chi connectivity index (χ1) is 15.1. The minimum atomic E-state index is -0.0115. The lowest BCUT2D eigenvalue weighted by atomic mass is 10.1. The van der Waals surface area contributed by atoms with Gasteiger partial charge in [-0.05, 0) is 30.2 Å². The smallest absolute Gasteiger partial charge is 0.275 e. The molecule has 0 atom stereocenters. The van der Waals surface area contributed by atoms with Gasteiger partial charge in [-0.2, -0.15) is 10.2 Å². The molecule has 0 radical (unpaired) electrons. The van der Waals surface area contributed by atoms with Crippen LogP contribution in [0.3, 0.4) is 0 Å². The first-order valence-electron chi connectivity index (χ1n) is 10.4. The molecular formula is C23H23ClN6O. The number of carbonyl (C=O) groups excluding carboxylic acids is 1. The summed E-state index contributed by atoms with van der Waals surface area (Å²) in [5.41, 5.74) is 3.48. The van der Waals surface area contributed by atoms with Crippen LogP contribution in [0.25, 0.3) is 22.2 Å². The lowest BCUT2D eigenvalue weighted by Crippen LogP contribution is -2.35. The van der Waals surface area contributed by atoms with E-state index in [4.69, 9.17) is 11.6 Å². The van der Waals surface area contributed by atoms with Gasteiger partial charge in [-0.15, -0.1) is 0 Å². The minimum absolute atomic E-state index is 0.0115. The van der Waals surface area contributed by atoms with E-state index in [9.17, 15) is 4.79 Å². The molecule has 158 valence electrons. The zero-order valence-electron chi connectivity index (χ0n) is 17.3. The average molecular weight is 435 g/mol. The molecule has 2 aromatic carbocycles. The van der Waals surface area contributed by atoms with Crippen molar-refractivity contribution in [2.75, 3.05) is 31.1 Å². The summed E-state index contributed by atoms with van der Waals surface area (Å²) in [6.45, 7) is 2.90. The van der Waals surface area contributed by atoms with Gasteiger partial charge < -0.3 is 9.80 Å². The van der Waals surface area contributed by atoms with E-state index in [1.165, 1.54) is 0 Å². The summed E-state index contributed by atoms with van der Waals surface area (Å²) >= 11 is 5.99. The molecule has 2 aromatic heterocycles. The van der Waals surface area contributed by atoms with Gasteiger partial charge in [-0.3, -0.25) is 14.6 Å². The molecule has 1 amide bonds. The Hall–Kier alpha value is -3.32. The summed E-state index contributed by atoms with van der Waals surface area (Å²) in [5, 5.41) is 13.7. The Morgan fingerprint density at radius 1 is 1.03 bits per heavy atom. The van der Waals surface area contributed by atoms with Crippen molar-refractivity contribution in [2.24, 2.45) is 7.05 Å². The number of rotatable bonds is 3. The molecule has 0 spiro atoms. The maximum absolute atomic E-state index is 13.2. The fourth-order valence-electron chi connectivity index (χ4n) is 4.12. The van der Waals surface area contributed by atoms with Gasteiger partial charge in [0, 0.05) is 49.7 Å². The second kappa shape index (κ2) is 8.07. The number of anilines is 1. The topological polar surface area (TPSA) is 70.1 Å². The number of nitrogens with zero attached hydrogens (tertiary/aromatic N) is 5. The monoisotopic (exact) mass is 434 g/mol. The molecule has 31 heavy (non-hydrogen) atoms. The number of benzene rings is 2. The number of hydrogen-bond donors (Lipinski definition) is 1. The zero-order valence-corrected chi connectivity index (χ0v) is 18.0. The second-order valence-electron chi connectivity index (χ2n) is 7.77. The third kappa shape index (κ3) is 3.77. The zero-order chi connectivity index (χ0) is 21.4. The number of carbonyl (C=O) groups is 1. The molecule has 5 rings (SSSR count). The van der Waals surface area contributed by atoms with E-state index in [0.29, 0.717) is 23.8 Å². The Morgan fingerprint density at radius 3 is 2.68 bits per heavy atom. The highest BCUT2D eigenvalue weighted by molar-refractivity contribution is 6.30. The first-order valence-corrected chi connectivity index (χ1v) is 10.8. The molecule has 8 heteroatoms. The van der Waals surface area contributed by atoms with E-state index in [2.05, 4.69) is 20.2 Å². The SMILES string of the molecule is Cn1nc(C(=O)N2CCCN(c3cc(-c4ccc(Cl)cc4)[nH]n3)CC2)c2ccccc21. The van der Waals surface area contributed by atoms with Gasteiger partial charge in [0.15, 0.2) is 11.5 Å². The third-order valence-corrected chi connectivity index (χ3v) is 6.04. The van der Waals surface area contributed by atoms with Gasteiger partial charge in [-0.1, -0.05) is 41.9 Å². The fraction of sp³-hybridized carbons (Fsp3) is 0.261. The van der Waals surface area contributed by atoms with E-state index in [1.807, 2.05) is 66.5 Å². The van der Waals surface area contributed by atoms with Crippen LogP contribution in [-0.2, 0) is 7.05 Å². The van der Waals surface area contributed by atoms with Crippen LogP contribution >= 0.6 is 11.6 Å². The number of H-pyrrole nitrogens is 1. The standard InChI is InChI=1S/C23H23ClN6O/c1-28-20-6-3-2-5-18(20)22(27-28)23(31)30-12-4-11-29(13-14-30)21-15-19(25-26-21)16-7-9-17(24)10-8-16/h2-3,5-10,15H,4,11-14H2,1H3,(H,25,26). The maximum Gasteiger partial charge on any atom is 0.275 e. The number of aryl methyl sites for hydroxylation is 1. The lowest BCUT2D eigenvalue weighted by molar-refractivity contribution is 0.0762. The van der Waals surface area contributed by atoms with Crippen molar-refractivity contribution in [3.05, 3.63) is 65.3 Å². The highest BCUT2D eigenvalue weighted by Crippen LogP contribution is 2.25. The van der Waals surface area contributed by atoms with Crippen molar-refractivity contribution in [1.82, 2.24) is 24.9 Å². The normalized spacial score (nSPS) is 14.8. The number of fused-ring (bicyclic) bond motifs is 1. The van der Waals surface area contributed by atoms with Crippen LogP contribution in [0.1, 0.15) is 16.9 Å². The first kappa shape index (κ1) is 19.6. The van der Waals surface area contributed by atoms with Gasteiger partial charge in [0.05, 0.1) is 11.2 Å². The maximum atomic E-state index is 13.2. The fourth-order valence-corrected chi connectivity index (χ4v) is 4.25. The number of halogens is 1. The van der Waals surface area contributed by atoms with Crippen molar-refractivity contribution < 1.29 is 4.79 Å². The van der Waals surface area contributed by atoms with Gasteiger partial charge in [-0.25, -0.2) is 0 Å². The van der Waals surface area contributed by atoms with Crippen molar-refractivity contribution in [2.45, 2.75) is 6.42 Å². The Labute approximate surface area is 185 Å². The number of hydrogen-bond acceptors (Lipinski definition) is 4. The minimum Gasteiger partial charge on any atom is -0.353 e. The number of aromatic nitrogens is 4. The van der Waals surface area contributed by atoms with E-state index in [0.717, 1.165) is 47.5 Å². The van der Waals surface area contributed by atoms with Gasteiger partial charge >= 0.3 is 0 Å². The molecule has 1 fully saturated rings. The number of nitrogens with one attached hydrogen (secondary N) is 1. The highest BCUT2D eigenvalue weighted by Gasteiger charge is 2.25. The lowest BCUT2D eigenvalue weighted by Gasteiger charge is -2.21. The van der Waals surface area contributed by atoms with Crippen LogP contribution in [-0.4, -0.2) is 57.0 Å². The molecular weight excluding hydrogens is 412 g/mol. The van der Waals surface area contributed by atoms with Crippen LogP contribution in [0.2, 0.25) is 5.02 Å². The molecule has 0 unspecified atom stereocenters. The molecule has 1 aliphatic heterocycles. The van der Waals surface area contributed by atoms with E-state index < -0.39 is 0 Å². The van der Waals surface area contributed by atoms with Crippen molar-refractivity contribution in [3.8, 4) is 11.3 Å². The largest absolute Gasteiger partial charge is 0.353 e. The molecule has 1 N–H and O–H groups in total. The van der Waals surface area contributed by atoms with Gasteiger partial charge in [0.2, 0.25) is 0 Å². The van der Waals surface area contributed by atoms with Gasteiger partial charge in [0.1, 0.15) is 0 Å². The van der Waals surface area contributed by atoms with Crippen LogP contribution in [0.4, 0.5) is 5.82 Å². The molecule has 0 aliphatic carbocycles. The predicted octanol–water partition coefficient (Wildman–Crippen LogP) is 3.97.